The van der Waals surface area contributed by atoms with Gasteiger partial charge in [0.15, 0.2) is 5.82 Å². The topological polar surface area (TPSA) is 181 Å². The molecule has 2 aromatic carbocycles. The lowest BCUT2D eigenvalue weighted by molar-refractivity contribution is -0.148. The Labute approximate surface area is 293 Å². The quantitative estimate of drug-likeness (QED) is 0.157. The molecule has 0 radical (unpaired) electrons. The number of alkyl carbamates (subject to hydrolysis) is 1. The molecule has 1 aliphatic rings. The highest BCUT2D eigenvalue weighted by Gasteiger charge is 2.30. The van der Waals surface area contributed by atoms with E-state index in [1.165, 1.54) is 10.6 Å². The molecule has 15 heteroatoms. The Hall–Kier alpha value is -5.86. The summed E-state index contributed by atoms with van der Waals surface area (Å²) in [6, 6.07) is 8.92. The third-order valence-electron chi connectivity index (χ3n) is 8.24. The third-order valence-corrected chi connectivity index (χ3v) is 8.24. The first-order valence-electron chi connectivity index (χ1n) is 16.6. The zero-order valence-electron chi connectivity index (χ0n) is 29.2. The predicted molar refractivity (Wildman–Crippen MR) is 189 cm³/mol. The molecular weight excluding hydrogens is 657 g/mol. The van der Waals surface area contributed by atoms with Crippen LogP contribution < -0.4 is 21.9 Å². The maximum Gasteiger partial charge on any atom is 0.408 e. The maximum absolute atomic E-state index is 15.5. The minimum absolute atomic E-state index is 0.0657. The van der Waals surface area contributed by atoms with Gasteiger partial charge >= 0.3 is 12.1 Å². The lowest BCUT2D eigenvalue weighted by Gasteiger charge is -2.25. The average Bonchev–Trinajstić information content (AvgIpc) is 3.82. The van der Waals surface area contributed by atoms with Crippen molar-refractivity contribution in [3.05, 3.63) is 82.3 Å². The molecule has 1 fully saturated rings. The molecule has 1 aliphatic carbocycles. The van der Waals surface area contributed by atoms with Crippen LogP contribution in [0.3, 0.4) is 0 Å². The zero-order chi connectivity index (χ0) is 36.6. The number of ether oxygens (including phenoxy) is 2. The van der Waals surface area contributed by atoms with Gasteiger partial charge in [0.25, 0.3) is 5.56 Å². The second-order valence-corrected chi connectivity index (χ2v) is 13.9. The average molecular weight is 698 g/mol. The molecule has 0 spiro atoms. The molecule has 3 heterocycles. The van der Waals surface area contributed by atoms with Crippen LogP contribution in [-0.2, 0) is 27.9 Å². The minimum Gasteiger partial charge on any atom is -0.459 e. The lowest BCUT2D eigenvalue weighted by atomic mass is 10.0. The van der Waals surface area contributed by atoms with Crippen LogP contribution in [0.15, 0.2) is 59.8 Å². The van der Waals surface area contributed by atoms with E-state index in [1.807, 2.05) is 6.07 Å². The van der Waals surface area contributed by atoms with Gasteiger partial charge in [-0.05, 0) is 74.6 Å². The van der Waals surface area contributed by atoms with Crippen molar-refractivity contribution in [1.82, 2.24) is 34.6 Å². The van der Waals surface area contributed by atoms with Gasteiger partial charge < -0.3 is 25.8 Å². The number of carbonyl (C=O) groups excluding carboxylic acids is 2. The highest BCUT2D eigenvalue weighted by Crippen LogP contribution is 2.41. The minimum atomic E-state index is -1.06. The summed E-state index contributed by atoms with van der Waals surface area (Å²) in [5, 5.41) is 10.2. The molecule has 5 aromatic rings. The first-order valence-corrected chi connectivity index (χ1v) is 16.6. The van der Waals surface area contributed by atoms with Crippen molar-refractivity contribution in [3.63, 3.8) is 0 Å². The van der Waals surface area contributed by atoms with Gasteiger partial charge in [-0.25, -0.2) is 14.0 Å². The second kappa shape index (κ2) is 13.8. The van der Waals surface area contributed by atoms with Gasteiger partial charge in [-0.15, -0.1) is 0 Å². The molecule has 0 unspecified atom stereocenters. The van der Waals surface area contributed by atoms with Crippen LogP contribution in [0.25, 0.3) is 27.8 Å². The van der Waals surface area contributed by atoms with Gasteiger partial charge in [0, 0.05) is 30.6 Å². The van der Waals surface area contributed by atoms with Gasteiger partial charge in [-0.3, -0.25) is 14.0 Å². The molecule has 1 amide bonds. The first-order chi connectivity index (χ1) is 24.2. The number of carbonyl (C=O) groups is 2. The molecule has 6 rings (SSSR count). The standard InChI is InChI=1S/C36H40FN9O5/c1-19(2)29(41-35(49)51-36(3,4)5)32(48)50-18-25-24(30-42-33(38)44-34(43-30)40-23-16-39-45(6)17-23)8-7-9-27(25)46-13-12-21-14-22(20-10-11-20)15-26(37)28(21)31(46)47/h7-9,12-17,19-20,29H,10-11,18H2,1-6H3,(H,41,49)(H3,38,40,42,43,44)/t29-/m0/s1. The number of esters is 1. The Balaban J connectivity index is 1.42. The number of amides is 1. The normalized spacial score (nSPS) is 13.6. The number of nitrogen functional groups attached to an aromatic ring is 1. The van der Waals surface area contributed by atoms with Crippen molar-refractivity contribution in [2.45, 2.75) is 71.6 Å². The van der Waals surface area contributed by atoms with E-state index in [-0.39, 0.29) is 35.6 Å². The Morgan fingerprint density at radius 3 is 2.55 bits per heavy atom. The smallest absolute Gasteiger partial charge is 0.408 e. The van der Waals surface area contributed by atoms with E-state index in [0.717, 1.165) is 18.4 Å². The highest BCUT2D eigenvalue weighted by atomic mass is 19.1. The summed E-state index contributed by atoms with van der Waals surface area (Å²) < 4.78 is 29.6. The number of aryl methyl sites for hydroxylation is 1. The SMILES string of the molecule is CC(C)[C@H](NC(=O)OC(C)(C)C)C(=O)OCc1c(-c2nc(N)nc(Nc3cnn(C)c3)n2)cccc1-n1ccc2cc(C3CC3)cc(F)c2c1=O. The van der Waals surface area contributed by atoms with E-state index in [1.54, 1.807) is 89.2 Å². The monoisotopic (exact) mass is 697 g/mol. The summed E-state index contributed by atoms with van der Waals surface area (Å²) >= 11 is 0. The molecule has 4 N–H and O–H groups in total. The molecule has 14 nitrogen and oxygen atoms in total. The van der Waals surface area contributed by atoms with Crippen molar-refractivity contribution in [1.29, 1.82) is 0 Å². The van der Waals surface area contributed by atoms with Crippen LogP contribution in [0.2, 0.25) is 0 Å². The molecule has 1 atom stereocenters. The van der Waals surface area contributed by atoms with Crippen molar-refractivity contribution >= 4 is 40.4 Å². The number of pyridine rings is 1. The Morgan fingerprint density at radius 1 is 1.12 bits per heavy atom. The molecule has 51 heavy (non-hydrogen) atoms. The molecule has 3 aromatic heterocycles. The fourth-order valence-electron chi connectivity index (χ4n) is 5.70. The summed E-state index contributed by atoms with van der Waals surface area (Å²) in [6.07, 6.45) is 6.07. The molecule has 0 bridgehead atoms. The zero-order valence-corrected chi connectivity index (χ0v) is 29.2. The number of anilines is 3. The fourth-order valence-corrected chi connectivity index (χ4v) is 5.70. The predicted octanol–water partition coefficient (Wildman–Crippen LogP) is 5.51. The van der Waals surface area contributed by atoms with Crippen LogP contribution in [0, 0.1) is 11.7 Å². The summed E-state index contributed by atoms with van der Waals surface area (Å²) in [4.78, 5) is 53.3. The summed E-state index contributed by atoms with van der Waals surface area (Å²) in [5.41, 5.74) is 7.18. The number of aromatic nitrogens is 6. The molecular formula is C36H40FN9O5. The summed E-state index contributed by atoms with van der Waals surface area (Å²) in [7, 11) is 1.76. The molecule has 1 saturated carbocycles. The number of nitrogens with one attached hydrogen (secondary N) is 2. The number of hydrogen-bond donors (Lipinski definition) is 3. The Bertz CT molecular complexity index is 2190. The van der Waals surface area contributed by atoms with Crippen LogP contribution in [0.1, 0.15) is 64.5 Å². The summed E-state index contributed by atoms with van der Waals surface area (Å²) in [5.74, 6) is -1.28. The van der Waals surface area contributed by atoms with E-state index >= 15 is 4.39 Å². The summed E-state index contributed by atoms with van der Waals surface area (Å²) in [6.45, 7) is 8.27. The number of hydrogen-bond acceptors (Lipinski definition) is 11. The van der Waals surface area contributed by atoms with Crippen molar-refractivity contribution in [3.8, 4) is 17.1 Å². The number of benzene rings is 2. The van der Waals surface area contributed by atoms with E-state index < -0.39 is 35.1 Å². The van der Waals surface area contributed by atoms with Crippen molar-refractivity contribution in [2.75, 3.05) is 11.1 Å². The van der Waals surface area contributed by atoms with Crippen LogP contribution in [0.4, 0.5) is 26.8 Å². The largest absolute Gasteiger partial charge is 0.459 e. The number of halogens is 1. The first kappa shape index (κ1) is 35.0. The Kier molecular flexibility index (Phi) is 9.47. The van der Waals surface area contributed by atoms with E-state index in [4.69, 9.17) is 15.2 Å². The van der Waals surface area contributed by atoms with Gasteiger partial charge in [0.1, 0.15) is 24.1 Å². The number of fused-ring (bicyclic) bond motifs is 1. The van der Waals surface area contributed by atoms with Gasteiger partial charge in [0.2, 0.25) is 11.9 Å². The second-order valence-electron chi connectivity index (χ2n) is 13.9. The molecule has 0 aliphatic heterocycles. The van der Waals surface area contributed by atoms with Crippen LogP contribution in [0.5, 0.6) is 0 Å². The van der Waals surface area contributed by atoms with Crippen LogP contribution in [-0.4, -0.2) is 53.0 Å². The van der Waals surface area contributed by atoms with E-state index in [9.17, 15) is 14.4 Å². The number of nitrogens with zero attached hydrogens (tertiary/aromatic N) is 6. The third kappa shape index (κ3) is 7.97. The maximum atomic E-state index is 15.5. The number of rotatable bonds is 10. The highest BCUT2D eigenvalue weighted by molar-refractivity contribution is 5.84. The Morgan fingerprint density at radius 2 is 1.88 bits per heavy atom. The molecule has 266 valence electrons. The van der Waals surface area contributed by atoms with E-state index in [2.05, 4.69) is 30.7 Å². The number of nitrogens with two attached hydrogens (primary N) is 1. The van der Waals surface area contributed by atoms with Gasteiger partial charge in [0.05, 0.1) is 23.0 Å². The van der Waals surface area contributed by atoms with Crippen LogP contribution >= 0.6 is 0 Å². The fraction of sp³-hybridized carbons (Fsp3) is 0.361. The van der Waals surface area contributed by atoms with Crippen molar-refractivity contribution in [2.24, 2.45) is 13.0 Å². The van der Waals surface area contributed by atoms with Gasteiger partial charge in [-0.2, -0.15) is 20.1 Å². The molecule has 0 saturated heterocycles. The van der Waals surface area contributed by atoms with E-state index in [0.29, 0.717) is 33.8 Å². The van der Waals surface area contributed by atoms with Crippen molar-refractivity contribution < 1.29 is 23.5 Å². The van der Waals surface area contributed by atoms with Gasteiger partial charge in [-0.1, -0.05) is 32.0 Å². The lowest BCUT2D eigenvalue weighted by Crippen LogP contribution is -2.47.